The fraction of sp³-hybridized carbons (Fsp3) is 0.917. The van der Waals surface area contributed by atoms with Crippen LogP contribution in [0.2, 0.25) is 0 Å². The molecule has 0 aromatic carbocycles. The minimum Gasteiger partial charge on any atom is -0.465 e. The summed E-state index contributed by atoms with van der Waals surface area (Å²) in [5.41, 5.74) is 0. The topological polar surface area (TPSA) is 26.3 Å². The van der Waals surface area contributed by atoms with E-state index in [4.69, 9.17) is 4.74 Å². The van der Waals surface area contributed by atoms with E-state index < -0.39 is 4.75 Å². The van der Waals surface area contributed by atoms with E-state index in [1.807, 2.05) is 13.8 Å². The van der Waals surface area contributed by atoms with Crippen molar-refractivity contribution in [3.05, 3.63) is 0 Å². The standard InChI is InChI=1S/C12H24O2S/c1-4-7-8-9-10-14-11(13)12(15,5-2)6-3/h15H,4-10H2,1-3H3. The number of hydrogen-bond acceptors (Lipinski definition) is 3. The summed E-state index contributed by atoms with van der Waals surface area (Å²) in [7, 11) is 0. The van der Waals surface area contributed by atoms with Gasteiger partial charge >= 0.3 is 5.97 Å². The molecular formula is C12H24O2S. The summed E-state index contributed by atoms with van der Waals surface area (Å²) < 4.78 is 4.64. The van der Waals surface area contributed by atoms with Gasteiger partial charge in [0.25, 0.3) is 0 Å². The Kier molecular flexibility index (Phi) is 7.93. The van der Waals surface area contributed by atoms with Crippen LogP contribution >= 0.6 is 12.6 Å². The van der Waals surface area contributed by atoms with Crippen LogP contribution in [0, 0.1) is 0 Å². The average Bonchev–Trinajstić information content (AvgIpc) is 2.27. The Morgan fingerprint density at radius 3 is 2.20 bits per heavy atom. The lowest BCUT2D eigenvalue weighted by Crippen LogP contribution is -2.33. The van der Waals surface area contributed by atoms with E-state index in [0.717, 1.165) is 25.7 Å². The number of carbonyl (C=O) groups is 1. The second-order valence-electron chi connectivity index (χ2n) is 3.94. The van der Waals surface area contributed by atoms with Crippen molar-refractivity contribution in [2.75, 3.05) is 6.61 Å². The molecule has 0 amide bonds. The van der Waals surface area contributed by atoms with Crippen LogP contribution in [0.25, 0.3) is 0 Å². The van der Waals surface area contributed by atoms with Crippen LogP contribution in [0.1, 0.15) is 59.3 Å². The van der Waals surface area contributed by atoms with Gasteiger partial charge < -0.3 is 4.74 Å². The van der Waals surface area contributed by atoms with Crippen molar-refractivity contribution < 1.29 is 9.53 Å². The number of hydrogen-bond donors (Lipinski definition) is 1. The molecule has 0 heterocycles. The van der Waals surface area contributed by atoms with Crippen LogP contribution in [0.5, 0.6) is 0 Å². The molecule has 0 saturated carbocycles. The van der Waals surface area contributed by atoms with Crippen molar-refractivity contribution in [1.82, 2.24) is 0 Å². The largest absolute Gasteiger partial charge is 0.465 e. The van der Waals surface area contributed by atoms with Gasteiger partial charge in [0, 0.05) is 0 Å². The minimum absolute atomic E-state index is 0.160. The third kappa shape index (κ3) is 5.45. The van der Waals surface area contributed by atoms with Gasteiger partial charge in [-0.25, -0.2) is 0 Å². The van der Waals surface area contributed by atoms with Crippen LogP contribution in [-0.2, 0) is 9.53 Å². The van der Waals surface area contributed by atoms with Gasteiger partial charge in [0.1, 0.15) is 4.75 Å². The Balaban J connectivity index is 3.73. The van der Waals surface area contributed by atoms with Crippen molar-refractivity contribution in [3.63, 3.8) is 0 Å². The molecule has 0 aromatic heterocycles. The van der Waals surface area contributed by atoms with Gasteiger partial charge in [-0.2, -0.15) is 12.6 Å². The zero-order chi connectivity index (χ0) is 11.7. The van der Waals surface area contributed by atoms with Gasteiger partial charge in [-0.05, 0) is 19.3 Å². The highest BCUT2D eigenvalue weighted by Gasteiger charge is 2.31. The molecule has 2 nitrogen and oxygen atoms in total. The third-order valence-corrected chi connectivity index (χ3v) is 3.60. The number of ether oxygens (including phenoxy) is 1. The number of rotatable bonds is 8. The highest BCUT2D eigenvalue weighted by molar-refractivity contribution is 7.82. The molecule has 0 aliphatic rings. The van der Waals surface area contributed by atoms with E-state index in [0.29, 0.717) is 6.61 Å². The first-order valence-electron chi connectivity index (χ1n) is 6.00. The minimum atomic E-state index is -0.579. The summed E-state index contributed by atoms with van der Waals surface area (Å²) in [6.45, 7) is 6.64. The van der Waals surface area contributed by atoms with Crippen LogP contribution in [0.4, 0.5) is 0 Å². The van der Waals surface area contributed by atoms with E-state index in [2.05, 4.69) is 19.6 Å². The lowest BCUT2D eigenvalue weighted by Gasteiger charge is -2.22. The predicted octanol–water partition coefficient (Wildman–Crippen LogP) is 3.60. The van der Waals surface area contributed by atoms with Gasteiger partial charge in [-0.1, -0.05) is 40.0 Å². The molecule has 0 unspecified atom stereocenters. The molecular weight excluding hydrogens is 208 g/mol. The molecule has 3 heteroatoms. The summed E-state index contributed by atoms with van der Waals surface area (Å²) in [5, 5.41) is 0. The van der Waals surface area contributed by atoms with Crippen LogP contribution in [-0.4, -0.2) is 17.3 Å². The first kappa shape index (κ1) is 14.8. The predicted molar refractivity (Wildman–Crippen MR) is 67.4 cm³/mol. The molecule has 0 aromatic rings. The van der Waals surface area contributed by atoms with Crippen LogP contribution in [0.3, 0.4) is 0 Å². The smallest absolute Gasteiger partial charge is 0.321 e. The zero-order valence-electron chi connectivity index (χ0n) is 10.2. The van der Waals surface area contributed by atoms with E-state index in [1.54, 1.807) is 0 Å². The summed E-state index contributed by atoms with van der Waals surface area (Å²) in [6, 6.07) is 0. The average molecular weight is 232 g/mol. The fourth-order valence-electron chi connectivity index (χ4n) is 1.37. The zero-order valence-corrected chi connectivity index (χ0v) is 11.1. The van der Waals surface area contributed by atoms with Gasteiger partial charge in [0.2, 0.25) is 0 Å². The summed E-state index contributed by atoms with van der Waals surface area (Å²) in [4.78, 5) is 11.7. The Bertz CT molecular complexity index is 176. The Morgan fingerprint density at radius 1 is 1.13 bits per heavy atom. The van der Waals surface area contributed by atoms with Gasteiger partial charge in [0.05, 0.1) is 6.61 Å². The summed E-state index contributed by atoms with van der Waals surface area (Å²) >= 11 is 4.38. The Morgan fingerprint density at radius 2 is 1.73 bits per heavy atom. The summed E-state index contributed by atoms with van der Waals surface area (Å²) in [5.74, 6) is -0.160. The molecule has 0 radical (unpaired) electrons. The highest BCUT2D eigenvalue weighted by Crippen LogP contribution is 2.24. The second kappa shape index (κ2) is 8.03. The fourth-order valence-corrected chi connectivity index (χ4v) is 1.43. The lowest BCUT2D eigenvalue weighted by atomic mass is 10.0. The number of unbranched alkanes of at least 4 members (excludes halogenated alkanes) is 3. The molecule has 0 bridgehead atoms. The first-order valence-corrected chi connectivity index (χ1v) is 6.45. The Hall–Kier alpha value is -0.180. The first-order chi connectivity index (χ1) is 7.10. The van der Waals surface area contributed by atoms with E-state index >= 15 is 0 Å². The molecule has 0 N–H and O–H groups in total. The molecule has 0 aliphatic carbocycles. The second-order valence-corrected chi connectivity index (χ2v) is 4.79. The molecule has 15 heavy (non-hydrogen) atoms. The van der Waals surface area contributed by atoms with Crippen molar-refractivity contribution in [3.8, 4) is 0 Å². The van der Waals surface area contributed by atoms with Crippen LogP contribution in [0.15, 0.2) is 0 Å². The molecule has 0 spiro atoms. The summed E-state index contributed by atoms with van der Waals surface area (Å²) in [6.07, 6.45) is 5.97. The SMILES string of the molecule is CCCCCCOC(=O)C(S)(CC)CC. The van der Waals surface area contributed by atoms with Gasteiger partial charge in [0.15, 0.2) is 0 Å². The maximum absolute atomic E-state index is 11.7. The van der Waals surface area contributed by atoms with Gasteiger partial charge in [-0.3, -0.25) is 4.79 Å². The molecule has 0 aliphatic heterocycles. The van der Waals surface area contributed by atoms with Crippen molar-refractivity contribution in [1.29, 1.82) is 0 Å². The normalized spacial score (nSPS) is 11.5. The molecule has 0 saturated heterocycles. The third-order valence-electron chi connectivity index (χ3n) is 2.78. The number of esters is 1. The maximum Gasteiger partial charge on any atom is 0.321 e. The monoisotopic (exact) mass is 232 g/mol. The molecule has 0 atom stereocenters. The van der Waals surface area contributed by atoms with E-state index in [9.17, 15) is 4.79 Å². The number of thiol groups is 1. The van der Waals surface area contributed by atoms with Crippen LogP contribution < -0.4 is 0 Å². The van der Waals surface area contributed by atoms with Crippen molar-refractivity contribution in [2.24, 2.45) is 0 Å². The van der Waals surface area contributed by atoms with E-state index in [1.165, 1.54) is 12.8 Å². The quantitative estimate of drug-likeness (QED) is 0.393. The molecule has 90 valence electrons. The van der Waals surface area contributed by atoms with Crippen molar-refractivity contribution >= 4 is 18.6 Å². The molecule has 0 fully saturated rings. The maximum atomic E-state index is 11.7. The molecule has 0 rings (SSSR count). The van der Waals surface area contributed by atoms with Gasteiger partial charge in [-0.15, -0.1) is 0 Å². The highest BCUT2D eigenvalue weighted by atomic mass is 32.1. The van der Waals surface area contributed by atoms with E-state index in [-0.39, 0.29) is 5.97 Å². The lowest BCUT2D eigenvalue weighted by molar-refractivity contribution is -0.146. The number of carbonyl (C=O) groups excluding carboxylic acids is 1. The van der Waals surface area contributed by atoms with Crippen molar-refractivity contribution in [2.45, 2.75) is 64.0 Å². The Labute approximate surface area is 99.2 Å².